The Hall–Kier alpha value is -1.47. The fourth-order valence-electron chi connectivity index (χ4n) is 1.35. The topological polar surface area (TPSA) is 84.3 Å². The normalized spacial score (nSPS) is 10.1. The van der Waals surface area contributed by atoms with E-state index in [0.29, 0.717) is 17.6 Å². The maximum absolute atomic E-state index is 11.8. The highest BCUT2D eigenvalue weighted by molar-refractivity contribution is 9.10. The molecule has 6 nitrogen and oxygen atoms in total. The lowest BCUT2D eigenvalue weighted by molar-refractivity contribution is -0.385. The fourth-order valence-corrected chi connectivity index (χ4v) is 1.84. The summed E-state index contributed by atoms with van der Waals surface area (Å²) in [6.45, 7) is 3.95. The molecule has 1 aromatic rings. The highest BCUT2D eigenvalue weighted by atomic mass is 79.9. The predicted octanol–water partition coefficient (Wildman–Crippen LogP) is 1.70. The standard InChI is InChI=1S/C11H14BrN3O3/c1-2-13-3-4-14-11(16)8-5-9(12)7-10(6-8)15(17)18/h5-7,13H,2-4H2,1H3,(H,14,16). The van der Waals surface area contributed by atoms with Gasteiger partial charge in [-0.25, -0.2) is 0 Å². The van der Waals surface area contributed by atoms with E-state index in [1.807, 2.05) is 6.92 Å². The van der Waals surface area contributed by atoms with Crippen LogP contribution in [0.1, 0.15) is 17.3 Å². The van der Waals surface area contributed by atoms with Crippen LogP contribution in [0.3, 0.4) is 0 Å². The Morgan fingerprint density at radius 3 is 2.72 bits per heavy atom. The summed E-state index contributed by atoms with van der Waals surface area (Å²) in [5.41, 5.74) is 0.161. The molecule has 1 amide bonds. The number of nitro benzene ring substituents is 1. The second-order valence-corrected chi connectivity index (χ2v) is 4.48. The van der Waals surface area contributed by atoms with Gasteiger partial charge in [-0.3, -0.25) is 14.9 Å². The van der Waals surface area contributed by atoms with Gasteiger partial charge in [-0.05, 0) is 12.6 Å². The molecule has 0 aliphatic heterocycles. The average Bonchev–Trinajstić information content (AvgIpc) is 2.33. The predicted molar refractivity (Wildman–Crippen MR) is 71.7 cm³/mol. The van der Waals surface area contributed by atoms with Crippen LogP contribution in [0.4, 0.5) is 5.69 Å². The summed E-state index contributed by atoms with van der Waals surface area (Å²) in [5, 5.41) is 16.4. The molecule has 7 heteroatoms. The zero-order valence-corrected chi connectivity index (χ0v) is 11.5. The summed E-state index contributed by atoms with van der Waals surface area (Å²) in [6.07, 6.45) is 0. The van der Waals surface area contributed by atoms with Crippen LogP contribution < -0.4 is 10.6 Å². The van der Waals surface area contributed by atoms with E-state index in [-0.39, 0.29) is 17.2 Å². The minimum absolute atomic E-state index is 0.110. The second kappa shape index (κ2) is 7.07. The quantitative estimate of drug-likeness (QED) is 0.475. The first kappa shape index (κ1) is 14.6. The average molecular weight is 316 g/mol. The van der Waals surface area contributed by atoms with Gasteiger partial charge < -0.3 is 10.6 Å². The Labute approximate surface area is 113 Å². The van der Waals surface area contributed by atoms with Crippen LogP contribution in [0.2, 0.25) is 0 Å². The molecular formula is C11H14BrN3O3. The number of rotatable bonds is 6. The van der Waals surface area contributed by atoms with Crippen LogP contribution in [-0.4, -0.2) is 30.5 Å². The Bertz CT molecular complexity index is 451. The van der Waals surface area contributed by atoms with Crippen molar-refractivity contribution in [1.29, 1.82) is 0 Å². The summed E-state index contributed by atoms with van der Waals surface area (Å²) >= 11 is 3.15. The maximum atomic E-state index is 11.8. The van der Waals surface area contributed by atoms with Crippen molar-refractivity contribution < 1.29 is 9.72 Å². The van der Waals surface area contributed by atoms with Gasteiger partial charge in [-0.2, -0.15) is 0 Å². The van der Waals surface area contributed by atoms with E-state index >= 15 is 0 Å². The van der Waals surface area contributed by atoms with Crippen molar-refractivity contribution in [3.63, 3.8) is 0 Å². The van der Waals surface area contributed by atoms with E-state index in [1.54, 1.807) is 6.07 Å². The third-order valence-corrected chi connectivity index (χ3v) is 2.65. The molecule has 1 rings (SSSR count). The summed E-state index contributed by atoms with van der Waals surface area (Å²) < 4.78 is 0.508. The highest BCUT2D eigenvalue weighted by Gasteiger charge is 2.13. The molecule has 2 N–H and O–H groups in total. The van der Waals surface area contributed by atoms with E-state index in [1.165, 1.54) is 12.1 Å². The first-order valence-electron chi connectivity index (χ1n) is 5.48. The van der Waals surface area contributed by atoms with Gasteiger partial charge in [0.25, 0.3) is 11.6 Å². The number of nitrogens with zero attached hydrogens (tertiary/aromatic N) is 1. The molecule has 0 fully saturated rings. The number of non-ortho nitro benzene ring substituents is 1. The first-order valence-corrected chi connectivity index (χ1v) is 6.27. The van der Waals surface area contributed by atoms with Crippen LogP contribution in [0.15, 0.2) is 22.7 Å². The summed E-state index contributed by atoms with van der Waals surface area (Å²) in [6, 6.07) is 4.17. The number of carbonyl (C=O) groups is 1. The van der Waals surface area contributed by atoms with Gasteiger partial charge in [0.1, 0.15) is 0 Å². The SMILES string of the molecule is CCNCCNC(=O)c1cc(Br)cc([N+](=O)[O-])c1. The molecule has 18 heavy (non-hydrogen) atoms. The molecule has 98 valence electrons. The zero-order chi connectivity index (χ0) is 13.5. The maximum Gasteiger partial charge on any atom is 0.271 e. The molecule has 1 aromatic carbocycles. The minimum Gasteiger partial charge on any atom is -0.351 e. The number of carbonyl (C=O) groups excluding carboxylic acids is 1. The van der Waals surface area contributed by atoms with Crippen molar-refractivity contribution in [1.82, 2.24) is 10.6 Å². The van der Waals surface area contributed by atoms with Crippen molar-refractivity contribution in [2.75, 3.05) is 19.6 Å². The van der Waals surface area contributed by atoms with E-state index in [2.05, 4.69) is 26.6 Å². The van der Waals surface area contributed by atoms with Crippen molar-refractivity contribution in [2.45, 2.75) is 6.92 Å². The van der Waals surface area contributed by atoms with Gasteiger partial charge in [0.05, 0.1) is 4.92 Å². The lowest BCUT2D eigenvalue weighted by atomic mass is 10.2. The van der Waals surface area contributed by atoms with Crippen molar-refractivity contribution in [2.24, 2.45) is 0 Å². The van der Waals surface area contributed by atoms with Gasteiger partial charge in [-0.15, -0.1) is 0 Å². The smallest absolute Gasteiger partial charge is 0.271 e. The first-order chi connectivity index (χ1) is 8.54. The largest absolute Gasteiger partial charge is 0.351 e. The molecule has 0 spiro atoms. The Morgan fingerprint density at radius 1 is 1.39 bits per heavy atom. The monoisotopic (exact) mass is 315 g/mol. The van der Waals surface area contributed by atoms with Crippen molar-refractivity contribution in [3.05, 3.63) is 38.3 Å². The molecule has 0 saturated carbocycles. The molecule has 0 saturated heterocycles. The highest BCUT2D eigenvalue weighted by Crippen LogP contribution is 2.21. The van der Waals surface area contributed by atoms with Crippen LogP contribution in [-0.2, 0) is 0 Å². The summed E-state index contributed by atoms with van der Waals surface area (Å²) in [4.78, 5) is 21.9. The minimum atomic E-state index is -0.528. The molecule has 0 atom stereocenters. The number of nitro groups is 1. The molecular weight excluding hydrogens is 302 g/mol. The number of nitrogens with one attached hydrogen (secondary N) is 2. The third kappa shape index (κ3) is 4.42. The Morgan fingerprint density at radius 2 is 2.11 bits per heavy atom. The number of likely N-dealkylation sites (N-methyl/N-ethyl adjacent to an activating group) is 1. The molecule has 0 aromatic heterocycles. The van der Waals surface area contributed by atoms with Crippen LogP contribution in [0, 0.1) is 10.1 Å². The fraction of sp³-hybridized carbons (Fsp3) is 0.364. The second-order valence-electron chi connectivity index (χ2n) is 3.56. The number of hydrogen-bond acceptors (Lipinski definition) is 4. The molecule has 0 bridgehead atoms. The van der Waals surface area contributed by atoms with Crippen LogP contribution in [0.5, 0.6) is 0 Å². The zero-order valence-electron chi connectivity index (χ0n) is 9.90. The number of amides is 1. The number of hydrogen-bond donors (Lipinski definition) is 2. The van der Waals surface area contributed by atoms with E-state index in [9.17, 15) is 14.9 Å². The lowest BCUT2D eigenvalue weighted by Gasteiger charge is -2.06. The molecule has 0 aliphatic carbocycles. The molecule has 0 unspecified atom stereocenters. The van der Waals surface area contributed by atoms with Crippen molar-refractivity contribution >= 4 is 27.5 Å². The van der Waals surface area contributed by atoms with Crippen LogP contribution >= 0.6 is 15.9 Å². The molecule has 0 heterocycles. The van der Waals surface area contributed by atoms with Gasteiger partial charge >= 0.3 is 0 Å². The summed E-state index contributed by atoms with van der Waals surface area (Å²) in [7, 11) is 0. The third-order valence-electron chi connectivity index (χ3n) is 2.19. The Balaban J connectivity index is 2.70. The number of halogens is 1. The van der Waals surface area contributed by atoms with Gasteiger partial charge in [0.2, 0.25) is 0 Å². The van der Waals surface area contributed by atoms with Gasteiger partial charge in [-0.1, -0.05) is 22.9 Å². The molecule has 0 aliphatic rings. The van der Waals surface area contributed by atoms with E-state index in [0.717, 1.165) is 6.54 Å². The van der Waals surface area contributed by atoms with Crippen molar-refractivity contribution in [3.8, 4) is 0 Å². The van der Waals surface area contributed by atoms with E-state index in [4.69, 9.17) is 0 Å². The van der Waals surface area contributed by atoms with Gasteiger partial charge in [0.15, 0.2) is 0 Å². The number of benzene rings is 1. The van der Waals surface area contributed by atoms with Crippen LogP contribution in [0.25, 0.3) is 0 Å². The molecule has 0 radical (unpaired) electrons. The summed E-state index contributed by atoms with van der Waals surface area (Å²) in [5.74, 6) is -0.322. The lowest BCUT2D eigenvalue weighted by Crippen LogP contribution is -2.31. The van der Waals surface area contributed by atoms with E-state index < -0.39 is 4.92 Å². The Kier molecular flexibility index (Phi) is 5.73. The van der Waals surface area contributed by atoms with Gasteiger partial charge in [0, 0.05) is 35.3 Å².